The third kappa shape index (κ3) is 3.09. The van der Waals surface area contributed by atoms with Crippen molar-refractivity contribution in [1.29, 1.82) is 0 Å². The Bertz CT molecular complexity index is 1580. The third-order valence-corrected chi connectivity index (χ3v) is 6.42. The van der Waals surface area contributed by atoms with E-state index in [4.69, 9.17) is 9.15 Å². The van der Waals surface area contributed by atoms with Crippen LogP contribution in [0, 0.1) is 0 Å². The van der Waals surface area contributed by atoms with Gasteiger partial charge in [0.15, 0.2) is 16.9 Å². The predicted octanol–water partition coefficient (Wildman–Crippen LogP) is 2.29. The van der Waals surface area contributed by atoms with Gasteiger partial charge in [-0.15, -0.1) is 0 Å². The van der Waals surface area contributed by atoms with Gasteiger partial charge in [-0.05, 0) is 42.0 Å². The van der Waals surface area contributed by atoms with Gasteiger partial charge in [0.25, 0.3) is 11.8 Å². The summed E-state index contributed by atoms with van der Waals surface area (Å²) in [5.74, 6) is -0.654. The number of rotatable bonds is 5. The van der Waals surface area contributed by atoms with Crippen LogP contribution in [0.3, 0.4) is 0 Å². The highest BCUT2D eigenvalue weighted by atomic mass is 16.5. The summed E-state index contributed by atoms with van der Waals surface area (Å²) in [5.41, 5.74) is 0.430. The normalized spacial score (nSPS) is 18.9. The first-order valence-electron chi connectivity index (χ1n) is 11.0. The molecule has 4 aromatic rings. The molecule has 1 aromatic carbocycles. The number of pyridine rings is 2. The van der Waals surface area contributed by atoms with Gasteiger partial charge in [-0.25, -0.2) is 4.79 Å². The summed E-state index contributed by atoms with van der Waals surface area (Å²) in [6.07, 6.45) is 3.02. The molecule has 11 nitrogen and oxygen atoms in total. The molecule has 0 unspecified atom stereocenters. The van der Waals surface area contributed by atoms with E-state index in [-0.39, 0.29) is 41.8 Å². The number of amides is 4. The molecule has 11 heteroatoms. The van der Waals surface area contributed by atoms with E-state index >= 15 is 0 Å². The van der Waals surface area contributed by atoms with Crippen LogP contribution in [0.1, 0.15) is 21.7 Å². The van der Waals surface area contributed by atoms with Gasteiger partial charge in [-0.3, -0.25) is 24.9 Å². The number of carbonyl (C=O) groups is 3. The van der Waals surface area contributed by atoms with Crippen LogP contribution in [-0.4, -0.2) is 51.5 Å². The topological polar surface area (TPSA) is 147 Å². The Labute approximate surface area is 203 Å². The molecule has 4 amide bonds. The van der Waals surface area contributed by atoms with E-state index in [2.05, 4.69) is 20.6 Å². The monoisotopic (exact) mass is 485 g/mol. The Kier molecular flexibility index (Phi) is 4.68. The van der Waals surface area contributed by atoms with Crippen molar-refractivity contribution in [3.05, 3.63) is 71.7 Å². The van der Waals surface area contributed by atoms with E-state index in [1.165, 1.54) is 24.3 Å². The number of benzene rings is 1. The summed E-state index contributed by atoms with van der Waals surface area (Å²) in [6.45, 7) is -0.0213. The maximum absolute atomic E-state index is 13.4. The maximum Gasteiger partial charge on any atom is 0.322 e. The first-order chi connectivity index (χ1) is 17.4. The molecule has 180 valence electrons. The Morgan fingerprint density at radius 1 is 1.14 bits per heavy atom. The SMILES string of the molecule is COc1ccc2c(c1)C(=O)N(C[C@@]1(c3oc4cccnc4c3-c3ncccc3O)NC(=O)NC1=O)C2. The number of aromatic hydroxyl groups is 1. The number of furan rings is 1. The zero-order valence-corrected chi connectivity index (χ0v) is 18.9. The summed E-state index contributed by atoms with van der Waals surface area (Å²) in [5, 5.41) is 15.5. The summed E-state index contributed by atoms with van der Waals surface area (Å²) in [7, 11) is 1.51. The number of carbonyl (C=O) groups excluding carboxylic acids is 3. The van der Waals surface area contributed by atoms with Gasteiger partial charge in [-0.1, -0.05) is 6.07 Å². The van der Waals surface area contributed by atoms with Crippen LogP contribution in [-0.2, 0) is 16.9 Å². The average Bonchev–Trinajstić information content (AvgIpc) is 3.51. The molecule has 3 N–H and O–H groups in total. The number of hydrogen-bond acceptors (Lipinski definition) is 8. The highest BCUT2D eigenvalue weighted by Gasteiger charge is 2.55. The fourth-order valence-corrected chi connectivity index (χ4v) is 4.75. The van der Waals surface area contributed by atoms with Crippen molar-refractivity contribution >= 4 is 28.9 Å². The Hall–Kier alpha value is -4.93. The lowest BCUT2D eigenvalue weighted by atomic mass is 9.90. The molecule has 0 saturated carbocycles. The van der Waals surface area contributed by atoms with Gasteiger partial charge in [-0.2, -0.15) is 0 Å². The van der Waals surface area contributed by atoms with Gasteiger partial charge < -0.3 is 24.5 Å². The number of fused-ring (bicyclic) bond motifs is 2. The molecule has 5 heterocycles. The van der Waals surface area contributed by atoms with Crippen molar-refractivity contribution in [3.8, 4) is 22.8 Å². The number of hydrogen-bond donors (Lipinski definition) is 3. The first-order valence-corrected chi connectivity index (χ1v) is 11.0. The number of nitrogens with one attached hydrogen (secondary N) is 2. The second-order valence-corrected chi connectivity index (χ2v) is 8.53. The molecule has 0 spiro atoms. The van der Waals surface area contributed by atoms with Gasteiger partial charge in [0.1, 0.15) is 22.7 Å². The van der Waals surface area contributed by atoms with Crippen molar-refractivity contribution in [3.63, 3.8) is 0 Å². The molecule has 1 atom stereocenters. The highest BCUT2D eigenvalue weighted by Crippen LogP contribution is 2.43. The highest BCUT2D eigenvalue weighted by molar-refractivity contribution is 6.10. The molecule has 0 aliphatic carbocycles. The molecule has 2 aliphatic rings. The predicted molar refractivity (Wildman–Crippen MR) is 125 cm³/mol. The van der Waals surface area contributed by atoms with Crippen LogP contribution in [0.4, 0.5) is 4.79 Å². The van der Waals surface area contributed by atoms with E-state index in [0.29, 0.717) is 22.4 Å². The minimum Gasteiger partial charge on any atom is -0.506 e. The second-order valence-electron chi connectivity index (χ2n) is 8.53. The van der Waals surface area contributed by atoms with Gasteiger partial charge in [0.05, 0.1) is 19.2 Å². The smallest absolute Gasteiger partial charge is 0.322 e. The molecule has 36 heavy (non-hydrogen) atoms. The van der Waals surface area contributed by atoms with Crippen LogP contribution in [0.2, 0.25) is 0 Å². The van der Waals surface area contributed by atoms with Crippen LogP contribution in [0.25, 0.3) is 22.4 Å². The minimum absolute atomic E-state index is 0.00915. The summed E-state index contributed by atoms with van der Waals surface area (Å²) >= 11 is 0. The lowest BCUT2D eigenvalue weighted by molar-refractivity contribution is -0.125. The van der Waals surface area contributed by atoms with E-state index < -0.39 is 17.5 Å². The summed E-state index contributed by atoms with van der Waals surface area (Å²) in [6, 6.07) is 10.8. The first kappa shape index (κ1) is 21.6. The molecule has 6 rings (SSSR count). The van der Waals surface area contributed by atoms with E-state index in [1.807, 2.05) is 0 Å². The standard InChI is InChI=1S/C25H19N5O6/c1-35-14-7-6-13-11-30(22(32)15(13)10-14)12-25(23(33)28-24(34)29-25)21-18(19-16(31)4-2-8-26-19)20-17(36-21)5-3-9-27-20/h2-10,31H,11-12H2,1H3,(H2,28,29,33,34)/t25-/m0/s1. The number of methoxy groups -OCH3 is 1. The molecule has 1 fully saturated rings. The Morgan fingerprint density at radius 2 is 1.94 bits per heavy atom. The number of nitrogens with zero attached hydrogens (tertiary/aromatic N) is 3. The van der Waals surface area contributed by atoms with Crippen molar-refractivity contribution < 1.29 is 28.6 Å². The maximum atomic E-state index is 13.4. The van der Waals surface area contributed by atoms with Crippen LogP contribution in [0.15, 0.2) is 59.3 Å². The third-order valence-electron chi connectivity index (χ3n) is 6.42. The van der Waals surface area contributed by atoms with Crippen LogP contribution < -0.4 is 15.4 Å². The van der Waals surface area contributed by atoms with Crippen LogP contribution in [0.5, 0.6) is 11.5 Å². The lowest BCUT2D eigenvalue weighted by Gasteiger charge is -2.30. The zero-order valence-electron chi connectivity index (χ0n) is 18.9. The summed E-state index contributed by atoms with van der Waals surface area (Å²) < 4.78 is 11.4. The van der Waals surface area contributed by atoms with E-state index in [1.54, 1.807) is 42.6 Å². The molecule has 2 aliphatic heterocycles. The zero-order chi connectivity index (χ0) is 25.0. The Morgan fingerprint density at radius 3 is 2.69 bits per heavy atom. The minimum atomic E-state index is -1.81. The average molecular weight is 485 g/mol. The van der Waals surface area contributed by atoms with Gasteiger partial charge in [0.2, 0.25) is 0 Å². The molecule has 0 bridgehead atoms. The number of aromatic nitrogens is 2. The van der Waals surface area contributed by atoms with Gasteiger partial charge >= 0.3 is 6.03 Å². The molecule has 3 aromatic heterocycles. The lowest BCUT2D eigenvalue weighted by Crippen LogP contribution is -2.52. The fourth-order valence-electron chi connectivity index (χ4n) is 4.75. The number of ether oxygens (including phenoxy) is 1. The van der Waals surface area contributed by atoms with Crippen molar-refractivity contribution in [2.45, 2.75) is 12.1 Å². The second kappa shape index (κ2) is 7.80. The molecular formula is C25H19N5O6. The van der Waals surface area contributed by atoms with E-state index in [9.17, 15) is 19.5 Å². The van der Waals surface area contributed by atoms with E-state index in [0.717, 1.165) is 5.56 Å². The van der Waals surface area contributed by atoms with Gasteiger partial charge in [0, 0.05) is 24.5 Å². The molecular weight excluding hydrogens is 466 g/mol. The molecule has 1 saturated heterocycles. The van der Waals surface area contributed by atoms with Crippen molar-refractivity contribution in [2.24, 2.45) is 0 Å². The molecule has 0 radical (unpaired) electrons. The number of imide groups is 1. The van der Waals surface area contributed by atoms with Crippen molar-refractivity contribution in [2.75, 3.05) is 13.7 Å². The van der Waals surface area contributed by atoms with Crippen LogP contribution >= 0.6 is 0 Å². The fraction of sp³-hybridized carbons (Fsp3) is 0.160. The number of urea groups is 1. The van der Waals surface area contributed by atoms with Crippen molar-refractivity contribution in [1.82, 2.24) is 25.5 Å². The largest absolute Gasteiger partial charge is 0.506 e. The Balaban J connectivity index is 1.53. The quantitative estimate of drug-likeness (QED) is 0.365. The summed E-state index contributed by atoms with van der Waals surface area (Å²) in [4.78, 5) is 49.3.